The largest absolute Gasteiger partial charge is 0.497 e. The molecule has 3 aromatic carbocycles. The molecule has 2 amide bonds. The maximum absolute atomic E-state index is 13.3. The maximum Gasteiger partial charge on any atom is 0.240 e. The number of hydrogen-bond acceptors (Lipinski definition) is 9. The van der Waals surface area contributed by atoms with E-state index < -0.39 is 18.2 Å². The molecule has 0 saturated carbocycles. The van der Waals surface area contributed by atoms with Crippen molar-refractivity contribution in [2.45, 2.75) is 84.7 Å². The third-order valence-electron chi connectivity index (χ3n) is 12.0. The van der Waals surface area contributed by atoms with Crippen LogP contribution in [-0.4, -0.2) is 80.4 Å². The zero-order valence-electron chi connectivity index (χ0n) is 35.3. The minimum Gasteiger partial charge on any atom is -0.497 e. The third kappa shape index (κ3) is 7.79. The minimum absolute atomic E-state index is 0.0308. The first-order valence-electron chi connectivity index (χ1n) is 21.1. The van der Waals surface area contributed by atoms with Gasteiger partial charge in [0.15, 0.2) is 6.10 Å². The lowest BCUT2D eigenvalue weighted by molar-refractivity contribution is -0.135. The highest BCUT2D eigenvalue weighted by atomic mass is 16.5. The fourth-order valence-electron chi connectivity index (χ4n) is 8.45. The summed E-state index contributed by atoms with van der Waals surface area (Å²) in [6.07, 6.45) is 5.73. The van der Waals surface area contributed by atoms with Gasteiger partial charge in [-0.1, -0.05) is 71.0 Å². The normalized spacial score (nSPS) is 18.1. The zero-order valence-corrected chi connectivity index (χ0v) is 35.3. The van der Waals surface area contributed by atoms with Crippen molar-refractivity contribution in [1.29, 1.82) is 0 Å². The fraction of sp³-hybridized carbons (Fsp3) is 0.404. The zero-order chi connectivity index (χ0) is 42.2. The Morgan fingerprint density at radius 2 is 1.63 bits per heavy atom. The monoisotopic (exact) mass is 812 g/mol. The molecule has 0 bridgehead atoms. The molecule has 13 heteroatoms. The molecule has 0 radical (unpaired) electrons. The molecule has 8 rings (SSSR count). The summed E-state index contributed by atoms with van der Waals surface area (Å²) in [6, 6.07) is 19.1. The van der Waals surface area contributed by atoms with Crippen LogP contribution >= 0.6 is 0 Å². The van der Waals surface area contributed by atoms with Gasteiger partial charge < -0.3 is 45.4 Å². The highest BCUT2D eigenvalue weighted by Gasteiger charge is 2.37. The first-order chi connectivity index (χ1) is 28.9. The molecule has 0 aliphatic carbocycles. The van der Waals surface area contributed by atoms with E-state index in [-0.39, 0.29) is 29.7 Å². The number of methoxy groups -OCH3 is 1. The summed E-state index contributed by atoms with van der Waals surface area (Å²) in [7, 11) is 1.66. The Morgan fingerprint density at radius 1 is 0.917 bits per heavy atom. The summed E-state index contributed by atoms with van der Waals surface area (Å²) >= 11 is 0. The van der Waals surface area contributed by atoms with E-state index in [9.17, 15) is 9.59 Å². The van der Waals surface area contributed by atoms with Crippen LogP contribution in [0, 0.1) is 11.8 Å². The molecule has 314 valence electrons. The van der Waals surface area contributed by atoms with Crippen LogP contribution in [0.15, 0.2) is 73.1 Å². The number of benzene rings is 3. The molecule has 1 fully saturated rings. The van der Waals surface area contributed by atoms with E-state index in [0.29, 0.717) is 32.1 Å². The summed E-state index contributed by atoms with van der Waals surface area (Å²) in [5, 5.41) is 0. The first-order valence-corrected chi connectivity index (χ1v) is 21.1. The van der Waals surface area contributed by atoms with Gasteiger partial charge in [0.25, 0.3) is 0 Å². The SMILES string of the molecule is CCCN(Cc1ncc(-c2ccc3c(c2)OC(c2cccc(OC)c2)C2=C3COc3cc(-c4cnc(C5CCCN5C(=O)C(N)C(C)C)[nH]4)ccc32)[nH]1)C(=O)C(N)C(C)C. The van der Waals surface area contributed by atoms with Gasteiger partial charge in [-0.05, 0) is 55.4 Å². The maximum atomic E-state index is 13.3. The summed E-state index contributed by atoms with van der Waals surface area (Å²) in [6.45, 7) is 11.9. The smallest absolute Gasteiger partial charge is 0.240 e. The lowest BCUT2D eigenvalue weighted by Gasteiger charge is -2.35. The van der Waals surface area contributed by atoms with Crippen LogP contribution in [0.2, 0.25) is 0 Å². The van der Waals surface area contributed by atoms with E-state index in [1.165, 1.54) is 0 Å². The number of hydrogen-bond donors (Lipinski definition) is 4. The van der Waals surface area contributed by atoms with Gasteiger partial charge in [0.1, 0.15) is 35.5 Å². The Hall–Kier alpha value is -5.92. The van der Waals surface area contributed by atoms with E-state index >= 15 is 0 Å². The molecular formula is C47H56N8O5. The fourth-order valence-corrected chi connectivity index (χ4v) is 8.45. The van der Waals surface area contributed by atoms with Crippen molar-refractivity contribution < 1.29 is 23.8 Å². The quantitative estimate of drug-likeness (QED) is 0.0952. The van der Waals surface area contributed by atoms with E-state index in [1.54, 1.807) is 18.2 Å². The molecule has 5 heterocycles. The van der Waals surface area contributed by atoms with Gasteiger partial charge in [-0.15, -0.1) is 0 Å². The number of likely N-dealkylation sites (tertiary alicyclic amines) is 1. The van der Waals surface area contributed by atoms with Crippen LogP contribution in [0.3, 0.4) is 0 Å². The topological polar surface area (TPSA) is 178 Å². The van der Waals surface area contributed by atoms with Crippen LogP contribution in [0.4, 0.5) is 0 Å². The van der Waals surface area contributed by atoms with E-state index in [2.05, 4.69) is 45.3 Å². The molecule has 60 heavy (non-hydrogen) atoms. The molecule has 3 aliphatic rings. The summed E-state index contributed by atoms with van der Waals surface area (Å²) in [5.74, 6) is 3.64. The van der Waals surface area contributed by atoms with Crippen molar-refractivity contribution in [2.75, 3.05) is 26.8 Å². The molecule has 4 unspecified atom stereocenters. The Kier molecular flexibility index (Phi) is 11.6. The highest BCUT2D eigenvalue weighted by Crippen LogP contribution is 2.52. The molecule has 1 saturated heterocycles. The predicted octanol–water partition coefficient (Wildman–Crippen LogP) is 7.28. The van der Waals surface area contributed by atoms with E-state index in [0.717, 1.165) is 92.7 Å². The first kappa shape index (κ1) is 40.8. The van der Waals surface area contributed by atoms with Gasteiger partial charge in [0.2, 0.25) is 11.8 Å². The van der Waals surface area contributed by atoms with Crippen LogP contribution in [-0.2, 0) is 16.1 Å². The van der Waals surface area contributed by atoms with Crippen molar-refractivity contribution in [3.63, 3.8) is 0 Å². The number of imidazole rings is 2. The number of rotatable bonds is 13. The second-order valence-corrected chi connectivity index (χ2v) is 16.8. The summed E-state index contributed by atoms with van der Waals surface area (Å²) in [4.78, 5) is 46.5. The number of aromatic amines is 2. The number of aromatic nitrogens is 4. The van der Waals surface area contributed by atoms with Gasteiger partial charge >= 0.3 is 0 Å². The van der Waals surface area contributed by atoms with Crippen LogP contribution < -0.4 is 25.7 Å². The van der Waals surface area contributed by atoms with Gasteiger partial charge in [0.05, 0.1) is 55.6 Å². The lowest BCUT2D eigenvalue weighted by atomic mass is 9.83. The average Bonchev–Trinajstić information content (AvgIpc) is 4.06. The van der Waals surface area contributed by atoms with Crippen molar-refractivity contribution >= 4 is 23.0 Å². The number of nitrogens with zero attached hydrogens (tertiary/aromatic N) is 4. The van der Waals surface area contributed by atoms with Crippen molar-refractivity contribution in [1.82, 2.24) is 29.7 Å². The van der Waals surface area contributed by atoms with Crippen molar-refractivity contribution in [2.24, 2.45) is 23.3 Å². The number of ether oxygens (including phenoxy) is 3. The lowest BCUT2D eigenvalue weighted by Crippen LogP contribution is -2.46. The molecule has 13 nitrogen and oxygen atoms in total. The van der Waals surface area contributed by atoms with Crippen molar-refractivity contribution in [3.05, 3.63) is 101 Å². The number of amides is 2. The van der Waals surface area contributed by atoms with Gasteiger partial charge in [-0.3, -0.25) is 9.59 Å². The minimum atomic E-state index is -0.565. The summed E-state index contributed by atoms with van der Waals surface area (Å²) in [5.41, 5.74) is 21.0. The number of nitrogens with two attached hydrogens (primary N) is 2. The van der Waals surface area contributed by atoms with E-state index in [4.69, 9.17) is 30.7 Å². The molecule has 0 spiro atoms. The average molecular weight is 813 g/mol. The molecular weight excluding hydrogens is 757 g/mol. The Bertz CT molecular complexity index is 2420. The van der Waals surface area contributed by atoms with Crippen molar-refractivity contribution in [3.8, 4) is 39.8 Å². The van der Waals surface area contributed by atoms with Crippen LogP contribution in [0.25, 0.3) is 33.7 Å². The Morgan fingerprint density at radius 3 is 2.37 bits per heavy atom. The number of fused-ring (bicyclic) bond motifs is 4. The highest BCUT2D eigenvalue weighted by molar-refractivity contribution is 6.00. The molecule has 3 aliphatic heterocycles. The molecule has 2 aromatic heterocycles. The number of carbonyl (C=O) groups excluding carboxylic acids is 2. The standard InChI is InChI=1S/C47H56N8O5/c1-7-17-54(46(56)42(48)26(2)3)24-40-50-22-35(52-40)29-13-15-32-34-25-59-38-20-28(36-23-51-45(53-36)37-12-9-18-55(37)47(57)43(49)27(4)5)14-16-33(38)41(34)44(60-39(32)21-29)30-10-8-11-31(19-30)58-6/h8,10-11,13-16,19-23,26-27,37,42-44H,7,9,12,17-18,24-25,48-49H2,1-6H3,(H,50,52)(H,51,53). The number of nitrogens with one attached hydrogen (secondary N) is 2. The van der Waals surface area contributed by atoms with E-state index in [1.807, 2.05) is 76.0 Å². The van der Waals surface area contributed by atoms with Crippen LogP contribution in [0.1, 0.15) is 94.4 Å². The Balaban J connectivity index is 1.10. The van der Waals surface area contributed by atoms with Gasteiger partial charge in [-0.2, -0.15) is 0 Å². The number of H-pyrrole nitrogens is 2. The Labute approximate surface area is 351 Å². The van der Waals surface area contributed by atoms with Gasteiger partial charge in [0, 0.05) is 52.1 Å². The molecule has 5 aromatic rings. The number of carbonyl (C=O) groups is 2. The second-order valence-electron chi connectivity index (χ2n) is 16.8. The summed E-state index contributed by atoms with van der Waals surface area (Å²) < 4.78 is 19.2. The predicted molar refractivity (Wildman–Crippen MR) is 232 cm³/mol. The molecule has 4 atom stereocenters. The van der Waals surface area contributed by atoms with Gasteiger partial charge in [-0.25, -0.2) is 9.97 Å². The third-order valence-corrected chi connectivity index (χ3v) is 12.0. The molecule has 6 N–H and O–H groups in total. The second kappa shape index (κ2) is 17.0. The van der Waals surface area contributed by atoms with Crippen LogP contribution in [0.5, 0.6) is 17.2 Å².